The smallest absolute Gasteiger partial charge is 0.239 e. The Morgan fingerprint density at radius 3 is 2.50 bits per heavy atom. The van der Waals surface area contributed by atoms with Crippen LogP contribution in [0, 0.1) is 6.92 Å². The summed E-state index contributed by atoms with van der Waals surface area (Å²) in [5.74, 6) is 0.688. The number of aryl methyl sites for hydroxylation is 1. The molecule has 3 aliphatic rings. The maximum absolute atomic E-state index is 12.4. The Morgan fingerprint density at radius 2 is 1.92 bits per heavy atom. The molecular formula is C21H33N3O2. The summed E-state index contributed by atoms with van der Waals surface area (Å²) in [7, 11) is 0. The van der Waals surface area contributed by atoms with E-state index in [4.69, 9.17) is 5.11 Å². The van der Waals surface area contributed by atoms with Gasteiger partial charge in [-0.1, -0.05) is 18.6 Å². The molecule has 3 fully saturated rings. The van der Waals surface area contributed by atoms with Crippen LogP contribution in [-0.2, 0) is 4.79 Å². The second kappa shape index (κ2) is 9.38. The van der Waals surface area contributed by atoms with E-state index in [0.29, 0.717) is 11.7 Å². The largest absolute Gasteiger partial charge is 0.508 e. The van der Waals surface area contributed by atoms with E-state index in [2.05, 4.69) is 15.1 Å². The third-order valence-corrected chi connectivity index (χ3v) is 5.79. The van der Waals surface area contributed by atoms with Gasteiger partial charge in [-0.05, 0) is 63.3 Å². The van der Waals surface area contributed by atoms with Crippen molar-refractivity contribution in [2.45, 2.75) is 57.5 Å². The highest BCUT2D eigenvalue weighted by Gasteiger charge is 2.30. The van der Waals surface area contributed by atoms with Crippen LogP contribution in [0.25, 0.3) is 0 Å². The van der Waals surface area contributed by atoms with Gasteiger partial charge in [0.1, 0.15) is 5.75 Å². The highest BCUT2D eigenvalue weighted by Crippen LogP contribution is 2.25. The first kappa shape index (κ1) is 19.2. The Morgan fingerprint density at radius 1 is 1.08 bits per heavy atom. The summed E-state index contributed by atoms with van der Waals surface area (Å²) in [6.07, 6.45) is 7.47. The maximum Gasteiger partial charge on any atom is 0.239 e. The van der Waals surface area contributed by atoms with E-state index in [-0.39, 0.29) is 6.04 Å². The number of amides is 1. The zero-order chi connectivity index (χ0) is 18.4. The number of nitrogens with one attached hydrogen (secondary N) is 1. The number of nitrogens with zero attached hydrogens (tertiary/aromatic N) is 2. The van der Waals surface area contributed by atoms with Gasteiger partial charge in [0.2, 0.25) is 5.91 Å². The van der Waals surface area contributed by atoms with Crippen LogP contribution in [0.2, 0.25) is 0 Å². The molecule has 5 nitrogen and oxygen atoms in total. The SMILES string of the molecule is Cc1cccc(O)c1.O=C([C@H]1CCCN1)N1CCCN(C2CCC2)CC1. The van der Waals surface area contributed by atoms with Crippen molar-refractivity contribution in [2.75, 3.05) is 32.7 Å². The molecule has 2 saturated heterocycles. The number of benzene rings is 1. The third-order valence-electron chi connectivity index (χ3n) is 5.79. The Labute approximate surface area is 157 Å². The van der Waals surface area contributed by atoms with Crippen molar-refractivity contribution in [3.05, 3.63) is 29.8 Å². The molecule has 26 heavy (non-hydrogen) atoms. The lowest BCUT2D eigenvalue weighted by Gasteiger charge is -2.36. The average Bonchev–Trinajstić information content (AvgIpc) is 3.00. The van der Waals surface area contributed by atoms with Gasteiger partial charge in [0.25, 0.3) is 0 Å². The zero-order valence-corrected chi connectivity index (χ0v) is 16.0. The van der Waals surface area contributed by atoms with Crippen molar-refractivity contribution in [2.24, 2.45) is 0 Å². The van der Waals surface area contributed by atoms with E-state index in [1.54, 1.807) is 12.1 Å². The minimum atomic E-state index is 0.111. The molecule has 0 spiro atoms. The summed E-state index contributed by atoms with van der Waals surface area (Å²) in [4.78, 5) is 17.1. The molecule has 2 N–H and O–H groups in total. The Kier molecular flexibility index (Phi) is 6.92. The number of carbonyl (C=O) groups excluding carboxylic acids is 1. The molecule has 1 aromatic carbocycles. The van der Waals surface area contributed by atoms with Gasteiger partial charge >= 0.3 is 0 Å². The molecule has 1 aliphatic carbocycles. The van der Waals surface area contributed by atoms with Crippen molar-refractivity contribution in [3.8, 4) is 5.75 Å². The first-order valence-electron chi connectivity index (χ1n) is 10.2. The minimum absolute atomic E-state index is 0.111. The molecule has 1 atom stereocenters. The highest BCUT2D eigenvalue weighted by atomic mass is 16.3. The summed E-state index contributed by atoms with van der Waals surface area (Å²) >= 11 is 0. The Bertz CT molecular complexity index is 565. The van der Waals surface area contributed by atoms with Crippen LogP contribution < -0.4 is 5.32 Å². The summed E-state index contributed by atoms with van der Waals surface area (Å²) in [5.41, 5.74) is 1.09. The molecule has 0 unspecified atom stereocenters. The van der Waals surface area contributed by atoms with Crippen molar-refractivity contribution < 1.29 is 9.90 Å². The molecule has 1 saturated carbocycles. The number of phenolic OH excluding ortho intramolecular Hbond substituents is 1. The minimum Gasteiger partial charge on any atom is -0.508 e. The first-order chi connectivity index (χ1) is 12.6. The van der Waals surface area contributed by atoms with Crippen LogP contribution >= 0.6 is 0 Å². The van der Waals surface area contributed by atoms with Crippen molar-refractivity contribution >= 4 is 5.91 Å². The van der Waals surface area contributed by atoms with Gasteiger partial charge in [0.15, 0.2) is 0 Å². The molecule has 144 valence electrons. The molecule has 2 heterocycles. The lowest BCUT2D eigenvalue weighted by atomic mass is 9.91. The van der Waals surface area contributed by atoms with Crippen molar-refractivity contribution in [1.29, 1.82) is 0 Å². The van der Waals surface area contributed by atoms with Gasteiger partial charge in [-0.15, -0.1) is 0 Å². The molecule has 1 amide bonds. The average molecular weight is 360 g/mol. The molecular weight excluding hydrogens is 326 g/mol. The lowest BCUT2D eigenvalue weighted by molar-refractivity contribution is -0.133. The fourth-order valence-electron chi connectivity index (χ4n) is 4.02. The van der Waals surface area contributed by atoms with E-state index < -0.39 is 0 Å². The summed E-state index contributed by atoms with van der Waals surface area (Å²) in [5, 5.41) is 12.1. The van der Waals surface area contributed by atoms with Gasteiger partial charge < -0.3 is 15.3 Å². The van der Waals surface area contributed by atoms with Crippen LogP contribution in [0.3, 0.4) is 0 Å². The van der Waals surface area contributed by atoms with Crippen LogP contribution in [0.1, 0.15) is 44.1 Å². The molecule has 0 aromatic heterocycles. The second-order valence-corrected chi connectivity index (χ2v) is 7.79. The standard InChI is InChI=1S/C14H25N3O.C7H8O/c18-14(13-6-2-7-15-13)17-9-3-8-16(10-11-17)12-4-1-5-12;1-6-3-2-4-7(8)5-6/h12-13,15H,1-11H2;2-5,8H,1H3/t13-;/m1./s1. The van der Waals surface area contributed by atoms with Crippen molar-refractivity contribution in [3.63, 3.8) is 0 Å². The highest BCUT2D eigenvalue weighted by molar-refractivity contribution is 5.82. The normalized spacial score (nSPS) is 24.3. The van der Waals surface area contributed by atoms with Gasteiger partial charge in [0.05, 0.1) is 6.04 Å². The number of rotatable bonds is 2. The van der Waals surface area contributed by atoms with Crippen molar-refractivity contribution in [1.82, 2.24) is 15.1 Å². The number of aromatic hydroxyl groups is 1. The van der Waals surface area contributed by atoms with Crippen LogP contribution in [-0.4, -0.2) is 65.6 Å². The fourth-order valence-corrected chi connectivity index (χ4v) is 4.02. The van der Waals surface area contributed by atoms with E-state index in [1.165, 1.54) is 25.8 Å². The van der Waals surface area contributed by atoms with Gasteiger partial charge in [0, 0.05) is 32.2 Å². The monoisotopic (exact) mass is 359 g/mol. The van der Waals surface area contributed by atoms with E-state index in [9.17, 15) is 4.79 Å². The van der Waals surface area contributed by atoms with E-state index in [1.807, 2.05) is 19.1 Å². The summed E-state index contributed by atoms with van der Waals surface area (Å²) in [6.45, 7) is 7.13. The fraction of sp³-hybridized carbons (Fsp3) is 0.667. The third kappa shape index (κ3) is 5.21. The molecule has 1 aromatic rings. The number of hydrogen-bond donors (Lipinski definition) is 2. The predicted octanol–water partition coefficient (Wildman–Crippen LogP) is 2.53. The number of carbonyl (C=O) groups is 1. The van der Waals surface area contributed by atoms with E-state index >= 15 is 0 Å². The summed E-state index contributed by atoms with van der Waals surface area (Å²) in [6, 6.07) is 8.09. The first-order valence-corrected chi connectivity index (χ1v) is 10.2. The van der Waals surface area contributed by atoms with Crippen LogP contribution in [0.5, 0.6) is 5.75 Å². The topological polar surface area (TPSA) is 55.8 Å². The van der Waals surface area contributed by atoms with Gasteiger partial charge in [-0.2, -0.15) is 0 Å². The Balaban J connectivity index is 0.000000206. The molecule has 4 rings (SSSR count). The zero-order valence-electron chi connectivity index (χ0n) is 16.0. The molecule has 0 radical (unpaired) electrons. The second-order valence-electron chi connectivity index (χ2n) is 7.79. The van der Waals surface area contributed by atoms with E-state index in [0.717, 1.165) is 57.0 Å². The van der Waals surface area contributed by atoms with Crippen LogP contribution in [0.15, 0.2) is 24.3 Å². The molecule has 2 aliphatic heterocycles. The maximum atomic E-state index is 12.4. The van der Waals surface area contributed by atoms with Gasteiger partial charge in [-0.3, -0.25) is 9.69 Å². The number of phenols is 1. The summed E-state index contributed by atoms with van der Waals surface area (Å²) < 4.78 is 0. The predicted molar refractivity (Wildman–Crippen MR) is 104 cm³/mol. The molecule has 5 heteroatoms. The number of hydrogen-bond acceptors (Lipinski definition) is 4. The van der Waals surface area contributed by atoms with Crippen LogP contribution in [0.4, 0.5) is 0 Å². The molecule has 0 bridgehead atoms. The van der Waals surface area contributed by atoms with Gasteiger partial charge in [-0.25, -0.2) is 0 Å². The lowest BCUT2D eigenvalue weighted by Crippen LogP contribution is -2.46. The quantitative estimate of drug-likeness (QED) is 0.852. The Hall–Kier alpha value is -1.59.